The van der Waals surface area contributed by atoms with Gasteiger partial charge in [-0.25, -0.2) is 4.98 Å². The Morgan fingerprint density at radius 3 is 2.79 bits per heavy atom. The molecule has 7 heteroatoms. The van der Waals surface area contributed by atoms with Gasteiger partial charge in [-0.1, -0.05) is 49.9 Å². The number of nitrogens with one attached hydrogen (secondary N) is 2. The van der Waals surface area contributed by atoms with E-state index in [4.69, 9.17) is 0 Å². The Labute approximate surface area is 172 Å². The first-order valence-corrected chi connectivity index (χ1v) is 11.0. The average molecular weight is 414 g/mol. The third-order valence-electron chi connectivity index (χ3n) is 4.35. The zero-order valence-corrected chi connectivity index (χ0v) is 17.5. The Balaban J connectivity index is 1.48. The van der Waals surface area contributed by atoms with Crippen LogP contribution >= 0.6 is 23.1 Å². The molecule has 1 atom stereocenters. The van der Waals surface area contributed by atoms with Gasteiger partial charge in [-0.15, -0.1) is 11.3 Å². The average Bonchev–Trinajstić information content (AvgIpc) is 3.13. The number of carbonyl (C=O) groups is 2. The number of anilines is 1. The van der Waals surface area contributed by atoms with Crippen molar-refractivity contribution in [1.82, 2.24) is 10.3 Å². The van der Waals surface area contributed by atoms with Crippen molar-refractivity contribution in [3.8, 4) is 0 Å². The zero-order chi connectivity index (χ0) is 19.9. The summed E-state index contributed by atoms with van der Waals surface area (Å²) in [4.78, 5) is 28.7. The van der Waals surface area contributed by atoms with Gasteiger partial charge in [0, 0.05) is 18.2 Å². The molecule has 0 radical (unpaired) electrons. The van der Waals surface area contributed by atoms with Crippen LogP contribution in [-0.4, -0.2) is 22.6 Å². The van der Waals surface area contributed by atoms with E-state index in [1.54, 1.807) is 11.3 Å². The second kappa shape index (κ2) is 9.71. The van der Waals surface area contributed by atoms with Crippen LogP contribution in [0.3, 0.4) is 0 Å². The molecule has 28 heavy (non-hydrogen) atoms. The number of fused-ring (bicyclic) bond motifs is 1. The zero-order valence-electron chi connectivity index (χ0n) is 15.9. The largest absolute Gasteiger partial charge is 0.351 e. The first-order valence-electron chi connectivity index (χ1n) is 9.20. The summed E-state index contributed by atoms with van der Waals surface area (Å²) in [7, 11) is 0. The molecule has 0 saturated heterocycles. The molecule has 0 aliphatic heterocycles. The fraction of sp³-hybridized carbons (Fsp3) is 0.286. The monoisotopic (exact) mass is 413 g/mol. The lowest BCUT2D eigenvalue weighted by Crippen LogP contribution is -2.24. The van der Waals surface area contributed by atoms with Gasteiger partial charge in [0.25, 0.3) is 0 Å². The lowest BCUT2D eigenvalue weighted by Gasteiger charge is -2.11. The lowest BCUT2D eigenvalue weighted by molar-refractivity contribution is -0.120. The van der Waals surface area contributed by atoms with Crippen molar-refractivity contribution in [1.29, 1.82) is 0 Å². The summed E-state index contributed by atoms with van der Waals surface area (Å²) in [6, 6.07) is 15.5. The number of thioether (sulfide) groups is 1. The van der Waals surface area contributed by atoms with Gasteiger partial charge in [0.15, 0.2) is 4.34 Å². The first-order chi connectivity index (χ1) is 13.5. The number of hydrogen-bond acceptors (Lipinski definition) is 5. The molecule has 3 aromatic rings. The minimum Gasteiger partial charge on any atom is -0.351 e. The van der Waals surface area contributed by atoms with Crippen molar-refractivity contribution in [3.05, 3.63) is 54.1 Å². The fourth-order valence-corrected chi connectivity index (χ4v) is 4.40. The van der Waals surface area contributed by atoms with Crippen LogP contribution in [0.4, 0.5) is 5.69 Å². The van der Waals surface area contributed by atoms with Crippen molar-refractivity contribution >= 4 is 50.8 Å². The number of para-hydroxylation sites is 1. The van der Waals surface area contributed by atoms with E-state index in [1.807, 2.05) is 62.4 Å². The van der Waals surface area contributed by atoms with Crippen molar-refractivity contribution in [2.24, 2.45) is 5.92 Å². The molecule has 0 spiro atoms. The SMILES string of the molecule is CCC(C)C(=O)Nc1cccc(CNC(=O)CSc2nc3ccccc3s2)c1. The molecule has 0 bridgehead atoms. The Bertz CT molecular complexity index is 938. The predicted molar refractivity (Wildman–Crippen MR) is 117 cm³/mol. The number of thiazole rings is 1. The molecule has 0 aliphatic carbocycles. The van der Waals surface area contributed by atoms with Gasteiger partial charge in [-0.05, 0) is 36.2 Å². The highest BCUT2D eigenvalue weighted by atomic mass is 32.2. The van der Waals surface area contributed by atoms with Crippen LogP contribution in [0.25, 0.3) is 10.2 Å². The van der Waals surface area contributed by atoms with Gasteiger partial charge < -0.3 is 10.6 Å². The molecule has 2 N–H and O–H groups in total. The van der Waals surface area contributed by atoms with Crippen LogP contribution in [0.5, 0.6) is 0 Å². The number of hydrogen-bond donors (Lipinski definition) is 2. The summed E-state index contributed by atoms with van der Waals surface area (Å²) >= 11 is 3.04. The molecule has 3 rings (SSSR count). The number of benzene rings is 2. The van der Waals surface area contributed by atoms with Crippen LogP contribution in [0.2, 0.25) is 0 Å². The second-order valence-electron chi connectivity index (χ2n) is 6.51. The van der Waals surface area contributed by atoms with Crippen LogP contribution < -0.4 is 10.6 Å². The molecule has 2 amide bonds. The quantitative estimate of drug-likeness (QED) is 0.526. The fourth-order valence-electron chi connectivity index (χ4n) is 2.50. The van der Waals surface area contributed by atoms with Gasteiger partial charge in [-0.2, -0.15) is 0 Å². The highest BCUT2D eigenvalue weighted by Crippen LogP contribution is 2.29. The van der Waals surface area contributed by atoms with Crippen LogP contribution in [0, 0.1) is 5.92 Å². The molecule has 146 valence electrons. The molecule has 0 aliphatic rings. The van der Waals surface area contributed by atoms with E-state index in [9.17, 15) is 9.59 Å². The number of rotatable bonds is 8. The van der Waals surface area contributed by atoms with E-state index in [0.29, 0.717) is 12.3 Å². The van der Waals surface area contributed by atoms with Crippen LogP contribution in [0.15, 0.2) is 52.9 Å². The minimum absolute atomic E-state index is 0.0101. The van der Waals surface area contributed by atoms with Gasteiger partial charge >= 0.3 is 0 Å². The maximum absolute atomic E-state index is 12.2. The Morgan fingerprint density at radius 2 is 2.00 bits per heavy atom. The minimum atomic E-state index is -0.0432. The topological polar surface area (TPSA) is 71.1 Å². The van der Waals surface area contributed by atoms with Crippen LogP contribution in [-0.2, 0) is 16.1 Å². The second-order valence-corrected chi connectivity index (χ2v) is 8.76. The van der Waals surface area contributed by atoms with Gasteiger partial charge in [0.2, 0.25) is 11.8 Å². The summed E-state index contributed by atoms with van der Waals surface area (Å²) in [6.07, 6.45) is 0.800. The number of amides is 2. The van der Waals surface area contributed by atoms with E-state index in [2.05, 4.69) is 15.6 Å². The predicted octanol–water partition coefficient (Wildman–Crippen LogP) is 4.69. The normalized spacial score (nSPS) is 11.9. The number of aromatic nitrogens is 1. The van der Waals surface area contributed by atoms with Crippen molar-refractivity contribution < 1.29 is 9.59 Å². The Kier molecular flexibility index (Phi) is 7.06. The summed E-state index contributed by atoms with van der Waals surface area (Å²) in [5, 5.41) is 5.84. The summed E-state index contributed by atoms with van der Waals surface area (Å²) in [5.41, 5.74) is 2.66. The van der Waals surface area contributed by atoms with Crippen molar-refractivity contribution in [3.63, 3.8) is 0 Å². The molecular weight excluding hydrogens is 390 g/mol. The molecule has 5 nitrogen and oxygen atoms in total. The summed E-state index contributed by atoms with van der Waals surface area (Å²) in [6.45, 7) is 4.32. The van der Waals surface area contributed by atoms with E-state index in [-0.39, 0.29) is 17.7 Å². The molecule has 0 saturated carbocycles. The van der Waals surface area contributed by atoms with Crippen molar-refractivity contribution in [2.75, 3.05) is 11.1 Å². The number of carbonyl (C=O) groups excluding carboxylic acids is 2. The van der Waals surface area contributed by atoms with E-state index in [1.165, 1.54) is 11.8 Å². The summed E-state index contributed by atoms with van der Waals surface area (Å²) in [5.74, 6) is 0.265. The van der Waals surface area contributed by atoms with Crippen LogP contribution in [0.1, 0.15) is 25.8 Å². The highest BCUT2D eigenvalue weighted by molar-refractivity contribution is 8.01. The van der Waals surface area contributed by atoms with Crippen molar-refractivity contribution in [2.45, 2.75) is 31.2 Å². The highest BCUT2D eigenvalue weighted by Gasteiger charge is 2.11. The standard InChI is InChI=1S/C21H23N3O2S2/c1-3-14(2)20(26)23-16-8-6-7-15(11-16)12-22-19(25)13-27-21-24-17-9-4-5-10-18(17)28-21/h4-11,14H,3,12-13H2,1-2H3,(H,22,25)(H,23,26). The van der Waals surface area contributed by atoms with Gasteiger partial charge in [0.05, 0.1) is 16.0 Å². The third kappa shape index (κ3) is 5.56. The van der Waals surface area contributed by atoms with Gasteiger partial charge in [0.1, 0.15) is 0 Å². The van der Waals surface area contributed by atoms with E-state index in [0.717, 1.165) is 32.2 Å². The molecule has 1 unspecified atom stereocenters. The maximum atomic E-state index is 12.2. The molecule has 1 heterocycles. The Hall–Kier alpha value is -2.38. The maximum Gasteiger partial charge on any atom is 0.230 e. The summed E-state index contributed by atoms with van der Waals surface area (Å²) < 4.78 is 2.02. The number of nitrogens with zero attached hydrogens (tertiary/aromatic N) is 1. The molecule has 0 fully saturated rings. The Morgan fingerprint density at radius 1 is 1.18 bits per heavy atom. The van der Waals surface area contributed by atoms with E-state index < -0.39 is 0 Å². The first kappa shape index (κ1) is 20.4. The lowest BCUT2D eigenvalue weighted by atomic mass is 10.1. The molecule has 1 aromatic heterocycles. The molecule has 2 aromatic carbocycles. The third-order valence-corrected chi connectivity index (χ3v) is 6.52. The van der Waals surface area contributed by atoms with Gasteiger partial charge in [-0.3, -0.25) is 9.59 Å². The smallest absolute Gasteiger partial charge is 0.230 e. The molecular formula is C21H23N3O2S2. The van der Waals surface area contributed by atoms with E-state index >= 15 is 0 Å².